The number of nitrogens with one attached hydrogen (secondary N) is 2. The van der Waals surface area contributed by atoms with Crippen molar-refractivity contribution in [1.29, 1.82) is 0 Å². The maximum Gasteiger partial charge on any atom is 0.229 e. The fourth-order valence-electron chi connectivity index (χ4n) is 2.77. The SMILES string of the molecule is CC(C)(C)C(=O)Nc1cccc(NC(=O)CCc2ccc(-c3ccccc3F)o2)c1. The van der Waals surface area contributed by atoms with E-state index >= 15 is 0 Å². The Morgan fingerprint density at radius 2 is 1.63 bits per heavy atom. The minimum atomic E-state index is -0.510. The summed E-state index contributed by atoms with van der Waals surface area (Å²) in [5.74, 6) is 0.405. The average molecular weight is 408 g/mol. The first-order valence-electron chi connectivity index (χ1n) is 9.77. The third-order valence-electron chi connectivity index (χ3n) is 4.48. The minimum absolute atomic E-state index is 0.102. The molecule has 3 aromatic rings. The molecule has 156 valence electrons. The van der Waals surface area contributed by atoms with Gasteiger partial charge >= 0.3 is 0 Å². The Bertz CT molecular complexity index is 1050. The molecular weight excluding hydrogens is 383 g/mol. The van der Waals surface area contributed by atoms with Gasteiger partial charge in [0.25, 0.3) is 0 Å². The molecule has 0 fully saturated rings. The molecule has 0 saturated carbocycles. The molecule has 5 nitrogen and oxygen atoms in total. The van der Waals surface area contributed by atoms with Crippen LogP contribution in [0.5, 0.6) is 0 Å². The lowest BCUT2D eigenvalue weighted by Gasteiger charge is -2.18. The Balaban J connectivity index is 1.56. The lowest BCUT2D eigenvalue weighted by Crippen LogP contribution is -2.27. The summed E-state index contributed by atoms with van der Waals surface area (Å²) in [6.07, 6.45) is 0.601. The maximum atomic E-state index is 13.9. The summed E-state index contributed by atoms with van der Waals surface area (Å²) in [5.41, 5.74) is 1.10. The standard InChI is InChI=1S/C24H25FN2O3/c1-24(2,3)23(29)27-17-8-6-7-16(15-17)26-22(28)14-12-18-11-13-21(30-18)19-9-4-5-10-20(19)25/h4-11,13,15H,12,14H2,1-3H3,(H,26,28)(H,27,29). The van der Waals surface area contributed by atoms with Gasteiger partial charge in [-0.1, -0.05) is 39.0 Å². The predicted molar refractivity (Wildman–Crippen MR) is 116 cm³/mol. The molecule has 0 atom stereocenters. The Morgan fingerprint density at radius 1 is 0.933 bits per heavy atom. The van der Waals surface area contributed by atoms with Gasteiger partial charge in [0.15, 0.2) is 0 Å². The van der Waals surface area contributed by atoms with Crippen LogP contribution in [-0.4, -0.2) is 11.8 Å². The fraction of sp³-hybridized carbons (Fsp3) is 0.250. The number of anilines is 2. The summed E-state index contributed by atoms with van der Waals surface area (Å²) in [7, 11) is 0. The number of furan rings is 1. The topological polar surface area (TPSA) is 71.3 Å². The van der Waals surface area contributed by atoms with Crippen molar-refractivity contribution in [1.82, 2.24) is 0 Å². The summed E-state index contributed by atoms with van der Waals surface area (Å²) in [5, 5.41) is 5.66. The Kier molecular flexibility index (Phi) is 6.35. The highest BCUT2D eigenvalue weighted by atomic mass is 19.1. The highest BCUT2D eigenvalue weighted by Gasteiger charge is 2.21. The van der Waals surface area contributed by atoms with E-state index in [1.54, 1.807) is 54.6 Å². The van der Waals surface area contributed by atoms with Crippen LogP contribution in [-0.2, 0) is 16.0 Å². The fourth-order valence-corrected chi connectivity index (χ4v) is 2.77. The van der Waals surface area contributed by atoms with Gasteiger partial charge in [0.1, 0.15) is 17.3 Å². The first-order chi connectivity index (χ1) is 14.2. The molecule has 3 rings (SSSR count). The van der Waals surface area contributed by atoms with Gasteiger partial charge in [0.2, 0.25) is 11.8 Å². The zero-order valence-electron chi connectivity index (χ0n) is 17.3. The molecule has 1 aromatic heterocycles. The van der Waals surface area contributed by atoms with Crippen LogP contribution in [0.25, 0.3) is 11.3 Å². The van der Waals surface area contributed by atoms with Crippen molar-refractivity contribution in [2.75, 3.05) is 10.6 Å². The first-order valence-corrected chi connectivity index (χ1v) is 9.77. The van der Waals surface area contributed by atoms with E-state index < -0.39 is 5.41 Å². The monoisotopic (exact) mass is 408 g/mol. The lowest BCUT2D eigenvalue weighted by molar-refractivity contribution is -0.123. The molecule has 30 heavy (non-hydrogen) atoms. The lowest BCUT2D eigenvalue weighted by atomic mass is 9.95. The Labute approximate surface area is 175 Å². The molecule has 2 N–H and O–H groups in total. The Hall–Kier alpha value is -3.41. The van der Waals surface area contributed by atoms with E-state index in [1.165, 1.54) is 6.07 Å². The summed E-state index contributed by atoms with van der Waals surface area (Å²) in [6.45, 7) is 5.50. The summed E-state index contributed by atoms with van der Waals surface area (Å²) < 4.78 is 19.5. The molecular formula is C24H25FN2O3. The van der Waals surface area contributed by atoms with Gasteiger partial charge in [-0.15, -0.1) is 0 Å². The van der Waals surface area contributed by atoms with Crippen LogP contribution in [0.2, 0.25) is 0 Å². The molecule has 0 radical (unpaired) electrons. The third kappa shape index (κ3) is 5.56. The predicted octanol–water partition coefficient (Wildman–Crippen LogP) is 5.64. The largest absolute Gasteiger partial charge is 0.461 e. The van der Waals surface area contributed by atoms with Crippen molar-refractivity contribution in [2.45, 2.75) is 33.6 Å². The van der Waals surface area contributed by atoms with E-state index in [-0.39, 0.29) is 24.1 Å². The van der Waals surface area contributed by atoms with E-state index in [0.717, 1.165) is 0 Å². The van der Waals surface area contributed by atoms with Crippen molar-refractivity contribution in [2.24, 2.45) is 5.41 Å². The molecule has 0 aliphatic heterocycles. The van der Waals surface area contributed by atoms with Gasteiger partial charge in [-0.25, -0.2) is 4.39 Å². The second-order valence-electron chi connectivity index (χ2n) is 8.08. The smallest absolute Gasteiger partial charge is 0.229 e. The van der Waals surface area contributed by atoms with Gasteiger partial charge < -0.3 is 15.1 Å². The number of rotatable bonds is 6. The second-order valence-corrected chi connectivity index (χ2v) is 8.08. The number of carbonyl (C=O) groups is 2. The number of benzene rings is 2. The van der Waals surface area contributed by atoms with Crippen LogP contribution in [0, 0.1) is 11.2 Å². The number of amides is 2. The van der Waals surface area contributed by atoms with E-state index in [1.807, 2.05) is 20.8 Å². The molecule has 6 heteroatoms. The van der Waals surface area contributed by atoms with Gasteiger partial charge in [-0.2, -0.15) is 0 Å². The highest BCUT2D eigenvalue weighted by molar-refractivity contribution is 5.96. The van der Waals surface area contributed by atoms with Gasteiger partial charge in [0, 0.05) is 29.6 Å². The zero-order chi connectivity index (χ0) is 21.7. The third-order valence-corrected chi connectivity index (χ3v) is 4.48. The van der Waals surface area contributed by atoms with Crippen LogP contribution in [0.15, 0.2) is 65.1 Å². The average Bonchev–Trinajstić information content (AvgIpc) is 3.15. The van der Waals surface area contributed by atoms with E-state index in [0.29, 0.717) is 34.9 Å². The van der Waals surface area contributed by atoms with Crippen molar-refractivity contribution in [3.63, 3.8) is 0 Å². The van der Waals surface area contributed by atoms with E-state index in [4.69, 9.17) is 4.42 Å². The quantitative estimate of drug-likeness (QED) is 0.554. The summed E-state index contributed by atoms with van der Waals surface area (Å²) >= 11 is 0. The van der Waals surface area contributed by atoms with Crippen LogP contribution in [0.4, 0.5) is 15.8 Å². The number of hydrogen-bond donors (Lipinski definition) is 2. The van der Waals surface area contributed by atoms with Gasteiger partial charge in [-0.05, 0) is 42.5 Å². The molecule has 0 saturated heterocycles. The second kappa shape index (κ2) is 8.95. The van der Waals surface area contributed by atoms with Crippen LogP contribution >= 0.6 is 0 Å². The normalized spacial score (nSPS) is 11.2. The van der Waals surface area contributed by atoms with Gasteiger partial charge in [-0.3, -0.25) is 9.59 Å². The van der Waals surface area contributed by atoms with Crippen molar-refractivity contribution in [3.05, 3.63) is 72.2 Å². The molecule has 0 aliphatic carbocycles. The highest BCUT2D eigenvalue weighted by Crippen LogP contribution is 2.25. The number of carbonyl (C=O) groups excluding carboxylic acids is 2. The molecule has 0 spiro atoms. The van der Waals surface area contributed by atoms with Crippen LogP contribution < -0.4 is 10.6 Å². The molecule has 2 amide bonds. The van der Waals surface area contributed by atoms with Gasteiger partial charge in [0.05, 0.1) is 5.56 Å². The Morgan fingerprint density at radius 3 is 2.33 bits per heavy atom. The number of halogens is 1. The molecule has 0 bridgehead atoms. The first kappa shape index (κ1) is 21.3. The number of aryl methyl sites for hydroxylation is 1. The van der Waals surface area contributed by atoms with Crippen molar-refractivity contribution < 1.29 is 18.4 Å². The summed E-state index contributed by atoms with van der Waals surface area (Å²) in [4.78, 5) is 24.4. The number of hydrogen-bond acceptors (Lipinski definition) is 3. The molecule has 0 unspecified atom stereocenters. The zero-order valence-corrected chi connectivity index (χ0v) is 17.3. The minimum Gasteiger partial charge on any atom is -0.461 e. The van der Waals surface area contributed by atoms with Crippen molar-refractivity contribution in [3.8, 4) is 11.3 Å². The molecule has 1 heterocycles. The van der Waals surface area contributed by atoms with Crippen molar-refractivity contribution >= 4 is 23.2 Å². The van der Waals surface area contributed by atoms with E-state index in [2.05, 4.69) is 10.6 Å². The molecule has 2 aromatic carbocycles. The van der Waals surface area contributed by atoms with E-state index in [9.17, 15) is 14.0 Å². The van der Waals surface area contributed by atoms with Crippen LogP contribution in [0.3, 0.4) is 0 Å². The summed E-state index contributed by atoms with van der Waals surface area (Å²) in [6, 6.07) is 16.8. The van der Waals surface area contributed by atoms with Crippen LogP contribution in [0.1, 0.15) is 33.0 Å². The molecule has 0 aliphatic rings. The maximum absolute atomic E-state index is 13.9.